The van der Waals surface area contributed by atoms with Crippen LogP contribution >= 0.6 is 0 Å². The molecule has 0 spiro atoms. The van der Waals surface area contributed by atoms with E-state index in [1.165, 1.54) is 11.3 Å². The Morgan fingerprint density at radius 3 is 2.63 bits per heavy atom. The first-order valence-electron chi connectivity index (χ1n) is 6.80. The third kappa shape index (κ3) is 2.16. The van der Waals surface area contributed by atoms with E-state index in [0.717, 1.165) is 30.8 Å². The summed E-state index contributed by atoms with van der Waals surface area (Å²) in [5.74, 6) is 0. The van der Waals surface area contributed by atoms with Gasteiger partial charge in [-0.15, -0.1) is 0 Å². The summed E-state index contributed by atoms with van der Waals surface area (Å²) < 4.78 is 2.19. The van der Waals surface area contributed by atoms with Crippen molar-refractivity contribution in [3.63, 3.8) is 0 Å². The summed E-state index contributed by atoms with van der Waals surface area (Å²) in [5, 5.41) is 8.33. The molecule has 3 heterocycles. The van der Waals surface area contributed by atoms with Crippen LogP contribution in [0.5, 0.6) is 0 Å². The number of hydrogen-bond acceptors (Lipinski definition) is 3. The van der Waals surface area contributed by atoms with Gasteiger partial charge in [-0.25, -0.2) is 0 Å². The van der Waals surface area contributed by atoms with Crippen LogP contribution in [-0.2, 0) is 18.5 Å². The molecular weight excluding hydrogens is 236 g/mol. The Balaban J connectivity index is 2.18. The molecule has 3 rings (SSSR count). The van der Waals surface area contributed by atoms with Crippen LogP contribution in [0.25, 0.3) is 11.3 Å². The number of rotatable bonds is 1. The molecule has 0 radical (unpaired) electrons. The Morgan fingerprint density at radius 2 is 1.95 bits per heavy atom. The molecule has 1 aliphatic rings. The van der Waals surface area contributed by atoms with Crippen molar-refractivity contribution in [2.24, 2.45) is 0 Å². The van der Waals surface area contributed by atoms with Gasteiger partial charge >= 0.3 is 0 Å². The largest absolute Gasteiger partial charge is 0.312 e. The molecule has 19 heavy (non-hydrogen) atoms. The molecule has 2 aromatic rings. The van der Waals surface area contributed by atoms with Crippen molar-refractivity contribution in [3.8, 4) is 11.3 Å². The molecule has 0 saturated carbocycles. The first-order valence-corrected chi connectivity index (χ1v) is 6.80. The first-order chi connectivity index (χ1) is 9.07. The Hall–Kier alpha value is -1.68. The van der Waals surface area contributed by atoms with Gasteiger partial charge in [0.1, 0.15) is 0 Å². The molecule has 2 aromatic heterocycles. The van der Waals surface area contributed by atoms with E-state index in [-0.39, 0.29) is 5.54 Å². The second-order valence-corrected chi connectivity index (χ2v) is 6.02. The highest BCUT2D eigenvalue weighted by Gasteiger charge is 2.26. The van der Waals surface area contributed by atoms with E-state index in [2.05, 4.69) is 35.8 Å². The van der Waals surface area contributed by atoms with Gasteiger partial charge in [-0.05, 0) is 32.9 Å². The lowest BCUT2D eigenvalue weighted by Crippen LogP contribution is -2.30. The molecule has 4 heteroatoms. The maximum absolute atomic E-state index is 4.88. The molecule has 0 saturated heterocycles. The summed E-state index contributed by atoms with van der Waals surface area (Å²) in [7, 11) is 0. The van der Waals surface area contributed by atoms with Crippen LogP contribution in [0.3, 0.4) is 0 Å². The second kappa shape index (κ2) is 4.46. The zero-order chi connectivity index (χ0) is 13.5. The molecule has 0 aliphatic carbocycles. The minimum atomic E-state index is 0.0205. The van der Waals surface area contributed by atoms with E-state index in [9.17, 15) is 0 Å². The van der Waals surface area contributed by atoms with Gasteiger partial charge in [0.2, 0.25) is 0 Å². The Labute approximate surface area is 113 Å². The molecule has 1 aliphatic heterocycles. The monoisotopic (exact) mass is 256 g/mol. The molecule has 0 aromatic carbocycles. The molecule has 4 nitrogen and oxygen atoms in total. The highest BCUT2D eigenvalue weighted by molar-refractivity contribution is 5.64. The van der Waals surface area contributed by atoms with Crippen molar-refractivity contribution in [2.45, 2.75) is 39.3 Å². The van der Waals surface area contributed by atoms with E-state index in [1.807, 2.05) is 24.5 Å². The van der Waals surface area contributed by atoms with Crippen molar-refractivity contribution in [1.29, 1.82) is 0 Å². The van der Waals surface area contributed by atoms with Crippen LogP contribution in [0.2, 0.25) is 0 Å². The summed E-state index contributed by atoms with van der Waals surface area (Å²) in [4.78, 5) is 4.09. The van der Waals surface area contributed by atoms with Gasteiger partial charge < -0.3 is 5.32 Å². The zero-order valence-corrected chi connectivity index (χ0v) is 11.8. The zero-order valence-electron chi connectivity index (χ0n) is 11.8. The number of pyridine rings is 1. The molecule has 1 N–H and O–H groups in total. The summed E-state index contributed by atoms with van der Waals surface area (Å²) >= 11 is 0. The third-order valence-electron chi connectivity index (χ3n) is 3.52. The summed E-state index contributed by atoms with van der Waals surface area (Å²) in [6.07, 6.45) is 4.70. The topological polar surface area (TPSA) is 42.7 Å². The average molecular weight is 256 g/mol. The van der Waals surface area contributed by atoms with Crippen LogP contribution in [0.1, 0.15) is 32.0 Å². The van der Waals surface area contributed by atoms with Gasteiger partial charge in [-0.1, -0.05) is 0 Å². The Morgan fingerprint density at radius 1 is 1.21 bits per heavy atom. The van der Waals surface area contributed by atoms with Crippen molar-refractivity contribution in [3.05, 3.63) is 35.8 Å². The fraction of sp³-hybridized carbons (Fsp3) is 0.467. The molecule has 100 valence electrons. The number of hydrogen-bond donors (Lipinski definition) is 1. The van der Waals surface area contributed by atoms with E-state index >= 15 is 0 Å². The van der Waals surface area contributed by atoms with Crippen LogP contribution in [-0.4, -0.2) is 21.3 Å². The number of aromatic nitrogens is 3. The van der Waals surface area contributed by atoms with Crippen LogP contribution in [0, 0.1) is 0 Å². The predicted octanol–water partition coefficient (Wildman–Crippen LogP) is 2.35. The predicted molar refractivity (Wildman–Crippen MR) is 75.9 cm³/mol. The minimum Gasteiger partial charge on any atom is -0.312 e. The van der Waals surface area contributed by atoms with Crippen molar-refractivity contribution < 1.29 is 0 Å². The van der Waals surface area contributed by atoms with E-state index in [0.29, 0.717) is 0 Å². The molecule has 0 atom stereocenters. The van der Waals surface area contributed by atoms with Gasteiger partial charge in [0.15, 0.2) is 0 Å². The quantitative estimate of drug-likeness (QED) is 0.851. The summed E-state index contributed by atoms with van der Waals surface area (Å²) in [5.41, 5.74) is 4.98. The van der Waals surface area contributed by atoms with E-state index in [4.69, 9.17) is 5.10 Å². The summed E-state index contributed by atoms with van der Waals surface area (Å²) in [6.45, 7) is 8.56. The number of nitrogens with one attached hydrogen (secondary N) is 1. The smallest absolute Gasteiger partial charge is 0.0972 e. The van der Waals surface area contributed by atoms with Gasteiger partial charge in [-0.2, -0.15) is 5.10 Å². The molecule has 0 bridgehead atoms. The molecule has 0 fully saturated rings. The van der Waals surface area contributed by atoms with Crippen LogP contribution in [0.15, 0.2) is 24.5 Å². The van der Waals surface area contributed by atoms with Gasteiger partial charge in [0.25, 0.3) is 0 Å². The first kappa shape index (κ1) is 12.4. The van der Waals surface area contributed by atoms with Crippen molar-refractivity contribution in [2.75, 3.05) is 6.54 Å². The lowest BCUT2D eigenvalue weighted by Gasteiger charge is -2.24. The normalized spacial score (nSPS) is 15.3. The van der Waals surface area contributed by atoms with Gasteiger partial charge in [0, 0.05) is 48.7 Å². The number of nitrogens with zero attached hydrogens (tertiary/aromatic N) is 3. The lowest BCUT2D eigenvalue weighted by atomic mass is 10.0. The highest BCUT2D eigenvalue weighted by atomic mass is 15.3. The minimum absolute atomic E-state index is 0.0205. The Kier molecular flexibility index (Phi) is 2.90. The average Bonchev–Trinajstić information content (AvgIpc) is 2.79. The fourth-order valence-electron chi connectivity index (χ4n) is 2.64. The standard InChI is InChI=1S/C15H20N4/c1-15(2,3)19-13-6-9-17-10-12(13)14(18-19)11-4-7-16-8-5-11/h4-5,7-8,17H,6,9-10H2,1-3H3. The van der Waals surface area contributed by atoms with Gasteiger partial charge in [-0.3, -0.25) is 9.67 Å². The van der Waals surface area contributed by atoms with Gasteiger partial charge in [0.05, 0.1) is 11.2 Å². The van der Waals surface area contributed by atoms with E-state index < -0.39 is 0 Å². The molecule has 0 amide bonds. The second-order valence-electron chi connectivity index (χ2n) is 6.02. The fourth-order valence-corrected chi connectivity index (χ4v) is 2.64. The maximum atomic E-state index is 4.88. The Bertz CT molecular complexity index is 578. The molecular formula is C15H20N4. The van der Waals surface area contributed by atoms with Crippen molar-refractivity contribution >= 4 is 0 Å². The van der Waals surface area contributed by atoms with Crippen molar-refractivity contribution in [1.82, 2.24) is 20.1 Å². The maximum Gasteiger partial charge on any atom is 0.0972 e. The molecule has 0 unspecified atom stereocenters. The number of fused-ring (bicyclic) bond motifs is 1. The third-order valence-corrected chi connectivity index (χ3v) is 3.52. The summed E-state index contributed by atoms with van der Waals surface area (Å²) in [6, 6.07) is 4.06. The SMILES string of the molecule is CC(C)(C)n1nc(-c2ccncc2)c2c1CCNC2. The van der Waals surface area contributed by atoms with E-state index in [1.54, 1.807) is 0 Å². The van der Waals surface area contributed by atoms with Crippen LogP contribution < -0.4 is 5.32 Å². The lowest BCUT2D eigenvalue weighted by molar-refractivity contribution is 0.340. The van der Waals surface area contributed by atoms with Crippen LogP contribution in [0.4, 0.5) is 0 Å². The highest BCUT2D eigenvalue weighted by Crippen LogP contribution is 2.30.